The Bertz CT molecular complexity index is 669. The molecular formula is C18H30N4O4. The van der Waals surface area contributed by atoms with E-state index in [4.69, 9.17) is 0 Å². The normalized spacial score (nSPS) is 17.2. The molecule has 8 nitrogen and oxygen atoms in total. The molecule has 1 aliphatic carbocycles. The third-order valence-electron chi connectivity index (χ3n) is 4.86. The second-order valence-electron chi connectivity index (χ2n) is 8.27. The molecule has 1 atom stereocenters. The topological polar surface area (TPSA) is 102 Å². The Hall–Kier alpha value is -1.96. The average Bonchev–Trinajstić information content (AvgIpc) is 2.90. The van der Waals surface area contributed by atoms with Gasteiger partial charge in [0, 0.05) is 25.0 Å². The first-order valence-corrected chi connectivity index (χ1v) is 9.25. The number of carbonyl (C=O) groups is 1. The molecule has 2 rings (SSSR count). The maximum absolute atomic E-state index is 13.3. The summed E-state index contributed by atoms with van der Waals surface area (Å²) in [6.45, 7) is 7.31. The zero-order valence-corrected chi connectivity index (χ0v) is 16.4. The Morgan fingerprint density at radius 2 is 1.96 bits per heavy atom. The van der Waals surface area contributed by atoms with E-state index in [1.807, 2.05) is 20.8 Å². The molecule has 0 aliphatic heterocycles. The fourth-order valence-corrected chi connectivity index (χ4v) is 3.64. The summed E-state index contributed by atoms with van der Waals surface area (Å²) in [5, 5.41) is 25.9. The summed E-state index contributed by atoms with van der Waals surface area (Å²) < 4.78 is 1.32. The fraction of sp³-hybridized carbons (Fsp3) is 0.778. The van der Waals surface area contributed by atoms with E-state index < -0.39 is 22.3 Å². The summed E-state index contributed by atoms with van der Waals surface area (Å²) in [7, 11) is 1.57. The van der Waals surface area contributed by atoms with E-state index in [1.165, 1.54) is 4.68 Å². The largest absolute Gasteiger partial charge is 0.392 e. The minimum atomic E-state index is -0.699. The zero-order valence-electron chi connectivity index (χ0n) is 16.4. The molecular weight excluding hydrogens is 336 g/mol. The number of nitro groups is 1. The molecule has 0 aromatic carbocycles. The number of aliphatic hydroxyl groups excluding tert-OH is 1. The lowest BCUT2D eigenvalue weighted by molar-refractivity contribution is -0.386. The Morgan fingerprint density at radius 3 is 2.42 bits per heavy atom. The number of hydrogen-bond donors (Lipinski definition) is 1. The Labute approximate surface area is 154 Å². The van der Waals surface area contributed by atoms with Gasteiger partial charge in [0.1, 0.15) is 5.69 Å². The highest BCUT2D eigenvalue weighted by Crippen LogP contribution is 2.34. The van der Waals surface area contributed by atoms with Crippen molar-refractivity contribution < 1.29 is 14.8 Å². The number of hydrogen-bond acceptors (Lipinski definition) is 5. The van der Waals surface area contributed by atoms with Crippen molar-refractivity contribution in [3.63, 3.8) is 0 Å². The van der Waals surface area contributed by atoms with E-state index in [0.717, 1.165) is 32.1 Å². The predicted octanol–water partition coefficient (Wildman–Crippen LogP) is 2.78. The van der Waals surface area contributed by atoms with Crippen molar-refractivity contribution in [2.24, 2.45) is 7.05 Å². The van der Waals surface area contributed by atoms with Crippen molar-refractivity contribution in [2.75, 3.05) is 6.54 Å². The van der Waals surface area contributed by atoms with Crippen molar-refractivity contribution in [1.29, 1.82) is 0 Å². The number of amides is 1. The van der Waals surface area contributed by atoms with Gasteiger partial charge in [-0.25, -0.2) is 0 Å². The van der Waals surface area contributed by atoms with Crippen molar-refractivity contribution in [3.8, 4) is 0 Å². The van der Waals surface area contributed by atoms with Gasteiger partial charge in [-0.2, -0.15) is 5.10 Å². The summed E-state index contributed by atoms with van der Waals surface area (Å²) >= 11 is 0. The van der Waals surface area contributed by atoms with Crippen LogP contribution in [0.4, 0.5) is 5.69 Å². The second-order valence-corrected chi connectivity index (χ2v) is 8.27. The summed E-state index contributed by atoms with van der Waals surface area (Å²) in [6.07, 6.45) is 4.19. The minimum absolute atomic E-state index is 0.00144. The predicted molar refractivity (Wildman–Crippen MR) is 98.2 cm³/mol. The van der Waals surface area contributed by atoms with Crippen LogP contribution < -0.4 is 0 Å². The summed E-state index contributed by atoms with van der Waals surface area (Å²) in [5.74, 6) is -0.421. The number of carbonyl (C=O) groups excluding carboxylic acids is 1. The molecule has 8 heteroatoms. The lowest BCUT2D eigenvalue weighted by atomic mass is 9.90. The summed E-state index contributed by atoms with van der Waals surface area (Å²) in [6, 6.07) is -0.00144. The molecule has 1 saturated carbocycles. The molecule has 1 aromatic heterocycles. The highest BCUT2D eigenvalue weighted by molar-refractivity contribution is 5.97. The molecule has 1 aromatic rings. The number of nitrogens with zero attached hydrogens (tertiary/aromatic N) is 4. The lowest BCUT2D eigenvalue weighted by Crippen LogP contribution is -2.45. The Kier molecular flexibility index (Phi) is 6.05. The van der Waals surface area contributed by atoms with Crippen LogP contribution >= 0.6 is 0 Å². The van der Waals surface area contributed by atoms with Gasteiger partial charge in [0.2, 0.25) is 5.69 Å². The van der Waals surface area contributed by atoms with Crippen LogP contribution in [0.5, 0.6) is 0 Å². The van der Waals surface area contributed by atoms with Crippen LogP contribution in [0.25, 0.3) is 0 Å². The maximum atomic E-state index is 13.3. The SMILES string of the molecule is CC(O)CN(C(=O)c1c([N+](=O)[O-])c(C(C)(C)C)nn1C)C1CCCCC1. The maximum Gasteiger partial charge on any atom is 0.323 e. The Balaban J connectivity index is 2.51. The first-order chi connectivity index (χ1) is 12.0. The molecule has 0 bridgehead atoms. The number of rotatable bonds is 5. The molecule has 1 unspecified atom stereocenters. The van der Waals surface area contributed by atoms with E-state index in [1.54, 1.807) is 18.9 Å². The third-order valence-corrected chi connectivity index (χ3v) is 4.86. The van der Waals surface area contributed by atoms with Gasteiger partial charge in [0.25, 0.3) is 5.91 Å². The molecule has 1 heterocycles. The van der Waals surface area contributed by atoms with Gasteiger partial charge >= 0.3 is 5.69 Å². The third kappa shape index (κ3) is 4.23. The molecule has 0 radical (unpaired) electrons. The van der Waals surface area contributed by atoms with Gasteiger partial charge in [-0.1, -0.05) is 40.0 Å². The van der Waals surface area contributed by atoms with Crippen LogP contribution in [0, 0.1) is 10.1 Å². The first kappa shape index (κ1) is 20.4. The van der Waals surface area contributed by atoms with E-state index >= 15 is 0 Å². The van der Waals surface area contributed by atoms with Crippen LogP contribution in [0.2, 0.25) is 0 Å². The molecule has 1 aliphatic rings. The van der Waals surface area contributed by atoms with Gasteiger partial charge in [-0.3, -0.25) is 19.6 Å². The highest BCUT2D eigenvalue weighted by Gasteiger charge is 2.40. The van der Waals surface area contributed by atoms with Crippen LogP contribution in [0.3, 0.4) is 0 Å². The van der Waals surface area contributed by atoms with Gasteiger partial charge in [-0.05, 0) is 19.8 Å². The molecule has 1 N–H and O–H groups in total. The molecule has 26 heavy (non-hydrogen) atoms. The number of aryl methyl sites for hydroxylation is 1. The van der Waals surface area contributed by atoms with Crippen molar-refractivity contribution in [3.05, 3.63) is 21.5 Å². The van der Waals surface area contributed by atoms with E-state index in [0.29, 0.717) is 5.69 Å². The zero-order chi connectivity index (χ0) is 19.6. The van der Waals surface area contributed by atoms with Gasteiger partial charge < -0.3 is 10.0 Å². The van der Waals surface area contributed by atoms with Crippen molar-refractivity contribution in [2.45, 2.75) is 77.4 Å². The highest BCUT2D eigenvalue weighted by atomic mass is 16.6. The summed E-state index contributed by atoms with van der Waals surface area (Å²) in [4.78, 5) is 26.2. The van der Waals surface area contributed by atoms with E-state index in [-0.39, 0.29) is 24.0 Å². The van der Waals surface area contributed by atoms with Crippen LogP contribution in [-0.2, 0) is 12.5 Å². The second kappa shape index (κ2) is 7.73. The quantitative estimate of drug-likeness (QED) is 0.638. The molecule has 0 saturated heterocycles. The number of aliphatic hydroxyl groups is 1. The van der Waals surface area contributed by atoms with Crippen LogP contribution in [0.15, 0.2) is 0 Å². The minimum Gasteiger partial charge on any atom is -0.392 e. The van der Waals surface area contributed by atoms with Gasteiger partial charge in [-0.15, -0.1) is 0 Å². The Morgan fingerprint density at radius 1 is 1.38 bits per heavy atom. The monoisotopic (exact) mass is 366 g/mol. The van der Waals surface area contributed by atoms with E-state index in [9.17, 15) is 20.0 Å². The van der Waals surface area contributed by atoms with Crippen LogP contribution in [0.1, 0.15) is 76.0 Å². The van der Waals surface area contributed by atoms with Crippen molar-refractivity contribution >= 4 is 11.6 Å². The van der Waals surface area contributed by atoms with Gasteiger partial charge in [0.15, 0.2) is 0 Å². The molecule has 0 spiro atoms. The molecule has 146 valence electrons. The lowest BCUT2D eigenvalue weighted by Gasteiger charge is -2.35. The smallest absolute Gasteiger partial charge is 0.323 e. The number of aromatic nitrogens is 2. The molecule has 1 fully saturated rings. The fourth-order valence-electron chi connectivity index (χ4n) is 3.64. The average molecular weight is 366 g/mol. The van der Waals surface area contributed by atoms with Gasteiger partial charge in [0.05, 0.1) is 11.0 Å². The van der Waals surface area contributed by atoms with Crippen LogP contribution in [-0.4, -0.2) is 49.3 Å². The first-order valence-electron chi connectivity index (χ1n) is 9.25. The standard InChI is InChI=1S/C18H30N4O4/c1-12(23)11-21(13-9-7-6-8-10-13)17(24)15-14(22(25)26)16(18(2,3)4)19-20(15)5/h12-13,23H,6-11H2,1-5H3. The summed E-state index contributed by atoms with van der Waals surface area (Å²) in [5.41, 5.74) is -0.491. The molecule has 1 amide bonds. The van der Waals surface area contributed by atoms with Crippen molar-refractivity contribution in [1.82, 2.24) is 14.7 Å². The van der Waals surface area contributed by atoms with E-state index in [2.05, 4.69) is 5.10 Å².